The van der Waals surface area contributed by atoms with Gasteiger partial charge in [0.2, 0.25) is 0 Å². The number of carbonyl (C=O) groups excluding carboxylic acids is 1. The lowest BCUT2D eigenvalue weighted by Gasteiger charge is -2.35. The predicted molar refractivity (Wildman–Crippen MR) is 105 cm³/mol. The quantitative estimate of drug-likeness (QED) is 0.857. The highest BCUT2D eigenvalue weighted by molar-refractivity contribution is 6.31. The SMILES string of the molecule is O=C(Nc1ccccc1)N1CCC2(CCCN2Cc2ccccc2Cl)C1. The lowest BCUT2D eigenvalue weighted by atomic mass is 9.95. The highest BCUT2D eigenvalue weighted by Gasteiger charge is 2.47. The maximum absolute atomic E-state index is 12.6. The summed E-state index contributed by atoms with van der Waals surface area (Å²) in [5.74, 6) is 0. The Morgan fingerprint density at radius 1 is 1.04 bits per heavy atom. The van der Waals surface area contributed by atoms with Crippen molar-refractivity contribution >= 4 is 23.3 Å². The molecule has 26 heavy (non-hydrogen) atoms. The van der Waals surface area contributed by atoms with Crippen molar-refractivity contribution in [2.75, 3.05) is 25.0 Å². The van der Waals surface area contributed by atoms with E-state index in [9.17, 15) is 4.79 Å². The van der Waals surface area contributed by atoms with Crippen LogP contribution in [0.1, 0.15) is 24.8 Å². The molecule has 0 aliphatic carbocycles. The van der Waals surface area contributed by atoms with Gasteiger partial charge in [-0.2, -0.15) is 0 Å². The fraction of sp³-hybridized carbons (Fsp3) is 0.381. The number of hydrogen-bond donors (Lipinski definition) is 1. The third kappa shape index (κ3) is 3.44. The Labute approximate surface area is 159 Å². The fourth-order valence-electron chi connectivity index (χ4n) is 4.29. The Balaban J connectivity index is 1.44. The topological polar surface area (TPSA) is 35.6 Å². The van der Waals surface area contributed by atoms with Gasteiger partial charge in [-0.05, 0) is 49.6 Å². The number of halogens is 1. The number of benzene rings is 2. The van der Waals surface area contributed by atoms with Crippen molar-refractivity contribution in [3.63, 3.8) is 0 Å². The summed E-state index contributed by atoms with van der Waals surface area (Å²) in [6, 6.07) is 17.7. The van der Waals surface area contributed by atoms with Crippen molar-refractivity contribution in [2.24, 2.45) is 0 Å². The van der Waals surface area contributed by atoms with Gasteiger partial charge in [0.05, 0.1) is 0 Å². The molecule has 2 heterocycles. The molecule has 2 aromatic rings. The number of amides is 2. The van der Waals surface area contributed by atoms with E-state index in [1.165, 1.54) is 12.0 Å². The van der Waals surface area contributed by atoms with Crippen LogP contribution in [0, 0.1) is 0 Å². The third-order valence-corrected chi connectivity index (χ3v) is 6.07. The zero-order valence-electron chi connectivity index (χ0n) is 14.8. The highest BCUT2D eigenvalue weighted by Crippen LogP contribution is 2.39. The normalized spacial score (nSPS) is 22.9. The van der Waals surface area contributed by atoms with Crippen LogP contribution in [-0.2, 0) is 6.54 Å². The van der Waals surface area contributed by atoms with E-state index < -0.39 is 0 Å². The minimum absolute atomic E-state index is 0.00216. The molecular formula is C21H24ClN3O. The van der Waals surface area contributed by atoms with Gasteiger partial charge >= 0.3 is 6.03 Å². The first-order valence-corrected chi connectivity index (χ1v) is 9.64. The Morgan fingerprint density at radius 2 is 1.81 bits per heavy atom. The molecule has 1 unspecified atom stereocenters. The van der Waals surface area contributed by atoms with Crippen LogP contribution in [-0.4, -0.2) is 41.0 Å². The van der Waals surface area contributed by atoms with E-state index in [0.29, 0.717) is 0 Å². The molecule has 4 rings (SSSR count). The van der Waals surface area contributed by atoms with Gasteiger partial charge in [0.1, 0.15) is 0 Å². The number of rotatable bonds is 3. The number of para-hydroxylation sites is 1. The molecule has 0 radical (unpaired) electrons. The Morgan fingerprint density at radius 3 is 2.62 bits per heavy atom. The van der Waals surface area contributed by atoms with E-state index in [0.717, 1.165) is 49.7 Å². The van der Waals surface area contributed by atoms with Gasteiger partial charge in [0, 0.05) is 35.9 Å². The van der Waals surface area contributed by atoms with Crippen molar-refractivity contribution in [1.29, 1.82) is 0 Å². The Kier molecular flexibility index (Phi) is 4.88. The molecule has 2 amide bonds. The van der Waals surface area contributed by atoms with E-state index in [-0.39, 0.29) is 11.6 Å². The van der Waals surface area contributed by atoms with Crippen LogP contribution in [0.4, 0.5) is 10.5 Å². The lowest BCUT2D eigenvalue weighted by Crippen LogP contribution is -2.46. The Bertz CT molecular complexity index is 782. The minimum atomic E-state index is -0.00216. The average molecular weight is 370 g/mol. The number of hydrogen-bond acceptors (Lipinski definition) is 2. The van der Waals surface area contributed by atoms with Gasteiger partial charge in [0.25, 0.3) is 0 Å². The van der Waals surface area contributed by atoms with Crippen LogP contribution < -0.4 is 5.32 Å². The molecule has 136 valence electrons. The van der Waals surface area contributed by atoms with Gasteiger partial charge in [-0.15, -0.1) is 0 Å². The first-order valence-electron chi connectivity index (χ1n) is 9.26. The smallest absolute Gasteiger partial charge is 0.321 e. The molecule has 2 aliphatic heterocycles. The van der Waals surface area contributed by atoms with E-state index in [1.807, 2.05) is 53.4 Å². The maximum Gasteiger partial charge on any atom is 0.321 e. The molecule has 2 aromatic carbocycles. The fourth-order valence-corrected chi connectivity index (χ4v) is 4.48. The van der Waals surface area contributed by atoms with Gasteiger partial charge in [-0.3, -0.25) is 4.90 Å². The predicted octanol–water partition coefficient (Wildman–Crippen LogP) is 4.61. The van der Waals surface area contributed by atoms with Gasteiger partial charge in [-0.1, -0.05) is 48.0 Å². The third-order valence-electron chi connectivity index (χ3n) is 5.70. The number of nitrogens with one attached hydrogen (secondary N) is 1. The summed E-state index contributed by atoms with van der Waals surface area (Å²) in [6.45, 7) is 3.51. The summed E-state index contributed by atoms with van der Waals surface area (Å²) in [6.07, 6.45) is 3.35. The van der Waals surface area contributed by atoms with E-state index in [2.05, 4.69) is 16.3 Å². The van der Waals surface area contributed by atoms with Crippen LogP contribution in [0.25, 0.3) is 0 Å². The summed E-state index contributed by atoms with van der Waals surface area (Å²) in [4.78, 5) is 17.1. The Hall–Kier alpha value is -2.04. The van der Waals surface area contributed by atoms with Crippen molar-refractivity contribution in [1.82, 2.24) is 9.80 Å². The summed E-state index contributed by atoms with van der Waals surface area (Å²) in [5.41, 5.74) is 2.10. The van der Waals surface area contributed by atoms with Crippen LogP contribution in [0.15, 0.2) is 54.6 Å². The molecule has 2 fully saturated rings. The second-order valence-corrected chi connectivity index (χ2v) is 7.72. The van der Waals surface area contributed by atoms with E-state index >= 15 is 0 Å². The second kappa shape index (κ2) is 7.29. The zero-order chi connectivity index (χ0) is 18.0. The molecule has 1 atom stereocenters. The summed E-state index contributed by atoms with van der Waals surface area (Å²) >= 11 is 6.37. The number of likely N-dealkylation sites (tertiary alicyclic amines) is 2. The minimum Gasteiger partial charge on any atom is -0.323 e. The van der Waals surface area contributed by atoms with Crippen LogP contribution in [0.2, 0.25) is 5.02 Å². The van der Waals surface area contributed by atoms with E-state index in [4.69, 9.17) is 11.6 Å². The number of urea groups is 1. The number of carbonyl (C=O) groups is 1. The van der Waals surface area contributed by atoms with Crippen LogP contribution in [0.3, 0.4) is 0 Å². The standard InChI is InChI=1S/C21H24ClN3O/c22-19-10-5-4-7-17(19)15-25-13-6-11-21(25)12-14-24(16-21)20(26)23-18-8-2-1-3-9-18/h1-5,7-10H,6,11-16H2,(H,23,26). The van der Waals surface area contributed by atoms with Crippen molar-refractivity contribution in [2.45, 2.75) is 31.3 Å². The molecule has 1 spiro atoms. The molecule has 1 N–H and O–H groups in total. The second-order valence-electron chi connectivity index (χ2n) is 7.31. The molecule has 0 saturated carbocycles. The first-order chi connectivity index (χ1) is 12.7. The zero-order valence-corrected chi connectivity index (χ0v) is 15.6. The molecule has 2 aliphatic rings. The van der Waals surface area contributed by atoms with E-state index in [1.54, 1.807) is 0 Å². The summed E-state index contributed by atoms with van der Waals surface area (Å²) < 4.78 is 0. The molecule has 0 aromatic heterocycles. The van der Waals surface area contributed by atoms with Crippen molar-refractivity contribution in [3.8, 4) is 0 Å². The molecule has 5 heteroatoms. The number of nitrogens with zero attached hydrogens (tertiary/aromatic N) is 2. The van der Waals surface area contributed by atoms with Crippen LogP contribution >= 0.6 is 11.6 Å². The molecular weight excluding hydrogens is 346 g/mol. The maximum atomic E-state index is 12.6. The highest BCUT2D eigenvalue weighted by atomic mass is 35.5. The van der Waals surface area contributed by atoms with Gasteiger partial charge in [-0.25, -0.2) is 4.79 Å². The summed E-state index contributed by atoms with van der Waals surface area (Å²) in [5, 5.41) is 3.84. The monoisotopic (exact) mass is 369 g/mol. The first kappa shape index (κ1) is 17.4. The average Bonchev–Trinajstić information content (AvgIpc) is 3.26. The molecule has 2 saturated heterocycles. The molecule has 0 bridgehead atoms. The summed E-state index contributed by atoms with van der Waals surface area (Å²) in [7, 11) is 0. The van der Waals surface area contributed by atoms with Gasteiger partial charge in [0.15, 0.2) is 0 Å². The van der Waals surface area contributed by atoms with Crippen LogP contribution in [0.5, 0.6) is 0 Å². The molecule has 4 nitrogen and oxygen atoms in total. The lowest BCUT2D eigenvalue weighted by molar-refractivity contribution is 0.136. The van der Waals surface area contributed by atoms with Crippen molar-refractivity contribution in [3.05, 3.63) is 65.2 Å². The van der Waals surface area contributed by atoms with Crippen molar-refractivity contribution < 1.29 is 4.79 Å². The number of anilines is 1. The van der Waals surface area contributed by atoms with Gasteiger partial charge < -0.3 is 10.2 Å². The largest absolute Gasteiger partial charge is 0.323 e.